The molecule has 1 N–H and O–H groups in total. The number of carbonyl (C=O) groups excluding carboxylic acids is 1. The molecule has 3 aromatic rings. The van der Waals surface area contributed by atoms with Crippen LogP contribution in [0, 0.1) is 11.7 Å². The standard InChI is InChI=1S/C22H21FN4O3S/c23-19-14-18(8-9-20(19)27-12-2-10-24-27)31(29,30)25-17-7-6-15-3-1-11-26(21(15)13-17)22(28)16-4-5-16/h2,6-10,12-14,16,25H,1,3-5,11H2. The number of hydrogen-bond donors (Lipinski definition) is 1. The van der Waals surface area contributed by atoms with Crippen molar-refractivity contribution >= 4 is 27.3 Å². The van der Waals surface area contributed by atoms with E-state index in [2.05, 4.69) is 9.82 Å². The molecule has 0 atom stereocenters. The second-order valence-corrected chi connectivity index (χ2v) is 9.56. The van der Waals surface area contributed by atoms with Crippen molar-refractivity contribution in [3.63, 3.8) is 0 Å². The van der Waals surface area contributed by atoms with Crippen LogP contribution in [-0.4, -0.2) is 30.7 Å². The number of anilines is 2. The summed E-state index contributed by atoms with van der Waals surface area (Å²) in [7, 11) is -4.01. The van der Waals surface area contributed by atoms with Gasteiger partial charge in [-0.3, -0.25) is 9.52 Å². The first-order valence-electron chi connectivity index (χ1n) is 10.2. The van der Waals surface area contributed by atoms with E-state index < -0.39 is 15.8 Å². The molecule has 9 heteroatoms. The van der Waals surface area contributed by atoms with Crippen LogP contribution in [0.5, 0.6) is 0 Å². The minimum absolute atomic E-state index is 0.0857. The number of sulfonamides is 1. The number of nitrogens with one attached hydrogen (secondary N) is 1. The van der Waals surface area contributed by atoms with Gasteiger partial charge in [-0.25, -0.2) is 17.5 Å². The van der Waals surface area contributed by atoms with Gasteiger partial charge in [0.2, 0.25) is 5.91 Å². The maximum absolute atomic E-state index is 14.5. The quantitative estimate of drug-likeness (QED) is 0.658. The first kappa shape index (κ1) is 19.7. The van der Waals surface area contributed by atoms with Crippen molar-refractivity contribution in [2.75, 3.05) is 16.2 Å². The monoisotopic (exact) mass is 440 g/mol. The van der Waals surface area contributed by atoms with E-state index in [9.17, 15) is 17.6 Å². The molecular formula is C22H21FN4O3S. The Hall–Kier alpha value is -3.20. The SMILES string of the molecule is O=C(C1CC1)N1CCCc2ccc(NS(=O)(=O)c3ccc(-n4cccn4)c(F)c3)cc21. The highest BCUT2D eigenvalue weighted by molar-refractivity contribution is 7.92. The Bertz CT molecular complexity index is 1250. The Balaban J connectivity index is 1.42. The number of amides is 1. The van der Waals surface area contributed by atoms with Gasteiger partial charge in [-0.15, -0.1) is 0 Å². The molecule has 1 aliphatic carbocycles. The molecule has 5 rings (SSSR count). The number of carbonyl (C=O) groups is 1. The van der Waals surface area contributed by atoms with E-state index in [4.69, 9.17) is 0 Å². The van der Waals surface area contributed by atoms with Crippen LogP contribution in [0.15, 0.2) is 59.8 Å². The lowest BCUT2D eigenvalue weighted by Crippen LogP contribution is -2.36. The summed E-state index contributed by atoms with van der Waals surface area (Å²) in [4.78, 5) is 14.2. The highest BCUT2D eigenvalue weighted by atomic mass is 32.2. The van der Waals surface area contributed by atoms with Crippen molar-refractivity contribution in [3.05, 3.63) is 66.2 Å². The maximum atomic E-state index is 14.5. The van der Waals surface area contributed by atoms with Crippen molar-refractivity contribution in [1.82, 2.24) is 9.78 Å². The predicted molar refractivity (Wildman–Crippen MR) is 114 cm³/mol. The van der Waals surface area contributed by atoms with Crippen molar-refractivity contribution < 1.29 is 17.6 Å². The van der Waals surface area contributed by atoms with Gasteiger partial charge in [-0.1, -0.05) is 6.07 Å². The van der Waals surface area contributed by atoms with Crippen LogP contribution >= 0.6 is 0 Å². The normalized spacial score (nSPS) is 16.1. The molecule has 31 heavy (non-hydrogen) atoms. The van der Waals surface area contributed by atoms with Gasteiger partial charge in [0, 0.05) is 30.5 Å². The van der Waals surface area contributed by atoms with Gasteiger partial charge < -0.3 is 4.90 Å². The molecule has 0 saturated heterocycles. The average molecular weight is 441 g/mol. The number of nitrogens with zero attached hydrogens (tertiary/aromatic N) is 3. The summed E-state index contributed by atoms with van der Waals surface area (Å²) < 4.78 is 44.1. The Morgan fingerprint density at radius 1 is 1.13 bits per heavy atom. The number of halogens is 1. The number of benzene rings is 2. The molecule has 7 nitrogen and oxygen atoms in total. The fourth-order valence-electron chi connectivity index (χ4n) is 3.88. The number of hydrogen-bond acceptors (Lipinski definition) is 4. The number of aromatic nitrogens is 2. The average Bonchev–Trinajstić information content (AvgIpc) is 3.47. The molecule has 1 fully saturated rings. The van der Waals surface area contributed by atoms with Crippen LogP contribution in [0.25, 0.3) is 5.69 Å². The Kier molecular flexibility index (Phi) is 4.77. The van der Waals surface area contributed by atoms with E-state index in [0.717, 1.165) is 43.0 Å². The summed E-state index contributed by atoms with van der Waals surface area (Å²) >= 11 is 0. The molecule has 0 bridgehead atoms. The summed E-state index contributed by atoms with van der Waals surface area (Å²) in [6, 6.07) is 10.6. The van der Waals surface area contributed by atoms with Crippen LogP contribution in [0.4, 0.5) is 15.8 Å². The van der Waals surface area contributed by atoms with Crippen molar-refractivity contribution in [2.45, 2.75) is 30.6 Å². The zero-order chi connectivity index (χ0) is 21.6. The van der Waals surface area contributed by atoms with Gasteiger partial charge in [0.05, 0.1) is 10.6 Å². The molecule has 2 heterocycles. The Morgan fingerprint density at radius 2 is 1.97 bits per heavy atom. The topological polar surface area (TPSA) is 84.3 Å². The molecule has 2 aliphatic rings. The summed E-state index contributed by atoms with van der Waals surface area (Å²) in [6.07, 6.45) is 6.65. The largest absolute Gasteiger partial charge is 0.312 e. The van der Waals surface area contributed by atoms with Crippen LogP contribution in [0.3, 0.4) is 0 Å². The third-order valence-corrected chi connectivity index (χ3v) is 7.01. The second kappa shape index (κ2) is 7.49. The second-order valence-electron chi connectivity index (χ2n) is 7.88. The van der Waals surface area contributed by atoms with E-state index in [0.29, 0.717) is 12.2 Å². The minimum Gasteiger partial charge on any atom is -0.312 e. The molecule has 2 aromatic carbocycles. The summed E-state index contributed by atoms with van der Waals surface area (Å²) in [5.74, 6) is -0.502. The first-order valence-corrected chi connectivity index (χ1v) is 11.7. The smallest absolute Gasteiger partial charge is 0.261 e. The van der Waals surface area contributed by atoms with E-state index in [1.54, 1.807) is 29.3 Å². The lowest BCUT2D eigenvalue weighted by atomic mass is 10.0. The lowest BCUT2D eigenvalue weighted by molar-refractivity contribution is -0.119. The summed E-state index contributed by atoms with van der Waals surface area (Å²) in [6.45, 7) is 0.638. The lowest BCUT2D eigenvalue weighted by Gasteiger charge is -2.30. The molecule has 1 amide bonds. The van der Waals surface area contributed by atoms with Crippen LogP contribution < -0.4 is 9.62 Å². The molecule has 1 saturated carbocycles. The molecule has 1 aromatic heterocycles. The molecular weight excluding hydrogens is 419 g/mol. The van der Waals surface area contributed by atoms with Crippen LogP contribution in [0.1, 0.15) is 24.8 Å². The zero-order valence-corrected chi connectivity index (χ0v) is 17.5. The van der Waals surface area contributed by atoms with Crippen molar-refractivity contribution in [1.29, 1.82) is 0 Å². The van der Waals surface area contributed by atoms with Gasteiger partial charge in [0.1, 0.15) is 11.5 Å². The highest BCUT2D eigenvalue weighted by Gasteiger charge is 2.35. The Morgan fingerprint density at radius 3 is 2.68 bits per heavy atom. The van der Waals surface area contributed by atoms with E-state index in [1.807, 2.05) is 6.07 Å². The molecule has 0 spiro atoms. The predicted octanol–water partition coefficient (Wildman–Crippen LogP) is 3.50. The third-order valence-electron chi connectivity index (χ3n) is 5.63. The number of fused-ring (bicyclic) bond motifs is 1. The van der Waals surface area contributed by atoms with Gasteiger partial charge in [-0.05, 0) is 67.6 Å². The van der Waals surface area contributed by atoms with E-state index in [-0.39, 0.29) is 22.4 Å². The Labute approximate surface area is 179 Å². The van der Waals surface area contributed by atoms with E-state index in [1.165, 1.54) is 23.0 Å². The molecule has 1 aliphatic heterocycles. The van der Waals surface area contributed by atoms with Crippen molar-refractivity contribution in [2.24, 2.45) is 5.92 Å². The molecule has 0 unspecified atom stereocenters. The maximum Gasteiger partial charge on any atom is 0.261 e. The zero-order valence-electron chi connectivity index (χ0n) is 16.7. The fourth-order valence-corrected chi connectivity index (χ4v) is 4.94. The van der Waals surface area contributed by atoms with Gasteiger partial charge in [0.25, 0.3) is 10.0 Å². The van der Waals surface area contributed by atoms with Crippen molar-refractivity contribution in [3.8, 4) is 5.69 Å². The highest BCUT2D eigenvalue weighted by Crippen LogP contribution is 2.37. The first-order chi connectivity index (χ1) is 14.9. The van der Waals surface area contributed by atoms with E-state index >= 15 is 0 Å². The molecule has 160 valence electrons. The van der Waals surface area contributed by atoms with Gasteiger partial charge in [-0.2, -0.15) is 5.10 Å². The number of rotatable bonds is 5. The molecule has 0 radical (unpaired) electrons. The summed E-state index contributed by atoms with van der Waals surface area (Å²) in [5.41, 5.74) is 2.28. The van der Waals surface area contributed by atoms with Crippen LogP contribution in [-0.2, 0) is 21.2 Å². The third kappa shape index (κ3) is 3.81. The fraction of sp³-hybridized carbons (Fsp3) is 0.273. The van der Waals surface area contributed by atoms with Gasteiger partial charge in [0.15, 0.2) is 0 Å². The minimum atomic E-state index is -4.01. The van der Waals surface area contributed by atoms with Gasteiger partial charge >= 0.3 is 0 Å². The van der Waals surface area contributed by atoms with Crippen LogP contribution in [0.2, 0.25) is 0 Å². The summed E-state index contributed by atoms with van der Waals surface area (Å²) in [5, 5.41) is 3.97. The number of aryl methyl sites for hydroxylation is 1.